The molecular formula is C23H27FN4O3. The molecule has 4 rings (SSSR count). The Balaban J connectivity index is 1.23. The fraction of sp³-hybridized carbons (Fsp3) is 0.391. The van der Waals surface area contributed by atoms with Crippen LogP contribution in [-0.2, 0) is 0 Å². The average molecular weight is 426 g/mol. The number of hydrogen-bond acceptors (Lipinski definition) is 7. The smallest absolute Gasteiger partial charge is 0.247 e. The maximum absolute atomic E-state index is 13.1. The number of nitrogens with zero attached hydrogens (tertiary/aromatic N) is 4. The molecule has 1 aromatic heterocycles. The summed E-state index contributed by atoms with van der Waals surface area (Å²) in [6.45, 7) is 7.33. The van der Waals surface area contributed by atoms with Gasteiger partial charge >= 0.3 is 0 Å². The third-order valence-electron chi connectivity index (χ3n) is 5.58. The van der Waals surface area contributed by atoms with E-state index in [2.05, 4.69) is 26.9 Å². The van der Waals surface area contributed by atoms with Gasteiger partial charge in [-0.05, 0) is 55.5 Å². The number of rotatable bonds is 8. The van der Waals surface area contributed by atoms with Crippen LogP contribution < -0.4 is 9.47 Å². The van der Waals surface area contributed by atoms with Crippen LogP contribution in [0.1, 0.15) is 18.9 Å². The van der Waals surface area contributed by atoms with Gasteiger partial charge in [0, 0.05) is 38.3 Å². The number of hydrogen-bond donors (Lipinski definition) is 0. The molecule has 0 spiro atoms. The molecule has 164 valence electrons. The molecule has 3 aromatic rings. The van der Waals surface area contributed by atoms with Crippen LogP contribution >= 0.6 is 0 Å². The Hall–Kier alpha value is -2.97. The van der Waals surface area contributed by atoms with Crippen LogP contribution in [0.25, 0.3) is 11.5 Å². The summed E-state index contributed by atoms with van der Waals surface area (Å²) in [7, 11) is 1.65. The van der Waals surface area contributed by atoms with Gasteiger partial charge in [-0.25, -0.2) is 4.39 Å². The van der Waals surface area contributed by atoms with E-state index in [4.69, 9.17) is 13.9 Å². The second kappa shape index (κ2) is 9.89. The zero-order valence-corrected chi connectivity index (χ0v) is 17.8. The highest BCUT2D eigenvalue weighted by atomic mass is 19.1. The molecule has 0 radical (unpaired) electrons. The second-order valence-electron chi connectivity index (χ2n) is 7.53. The highest BCUT2D eigenvalue weighted by molar-refractivity contribution is 5.52. The van der Waals surface area contributed by atoms with Gasteiger partial charge in [0.05, 0.1) is 13.2 Å². The summed E-state index contributed by atoms with van der Waals surface area (Å²) in [6, 6.07) is 13.7. The van der Waals surface area contributed by atoms with E-state index in [0.717, 1.165) is 44.2 Å². The lowest BCUT2D eigenvalue weighted by molar-refractivity contribution is 0.0827. The van der Waals surface area contributed by atoms with Gasteiger partial charge in [-0.15, -0.1) is 10.2 Å². The Kier molecular flexibility index (Phi) is 6.79. The van der Waals surface area contributed by atoms with E-state index in [1.165, 1.54) is 12.1 Å². The van der Waals surface area contributed by atoms with Gasteiger partial charge in [0.1, 0.15) is 23.9 Å². The second-order valence-corrected chi connectivity index (χ2v) is 7.53. The Morgan fingerprint density at radius 2 is 1.65 bits per heavy atom. The molecule has 0 N–H and O–H groups in total. The minimum absolute atomic E-state index is 0.0272. The first-order chi connectivity index (χ1) is 15.1. The Morgan fingerprint density at radius 3 is 2.32 bits per heavy atom. The number of aromatic nitrogens is 2. The summed E-state index contributed by atoms with van der Waals surface area (Å²) in [5.74, 6) is 2.38. The molecule has 0 aliphatic carbocycles. The lowest BCUT2D eigenvalue weighted by Gasteiger charge is -2.36. The predicted octanol–water partition coefficient (Wildman–Crippen LogP) is 3.64. The van der Waals surface area contributed by atoms with Crippen molar-refractivity contribution in [3.8, 4) is 23.0 Å². The summed E-state index contributed by atoms with van der Waals surface area (Å²) < 4.78 is 30.0. The molecule has 1 fully saturated rings. The van der Waals surface area contributed by atoms with Gasteiger partial charge in [-0.2, -0.15) is 0 Å². The minimum Gasteiger partial charge on any atom is -0.497 e. The van der Waals surface area contributed by atoms with Crippen LogP contribution in [0.15, 0.2) is 52.9 Å². The van der Waals surface area contributed by atoms with Crippen molar-refractivity contribution < 1.29 is 18.3 Å². The molecule has 1 atom stereocenters. The summed E-state index contributed by atoms with van der Waals surface area (Å²) in [6.07, 6.45) is 0. The molecule has 0 bridgehead atoms. The van der Waals surface area contributed by atoms with Crippen LogP contribution in [0.5, 0.6) is 11.5 Å². The van der Waals surface area contributed by atoms with Crippen molar-refractivity contribution in [2.75, 3.05) is 46.4 Å². The summed E-state index contributed by atoms with van der Waals surface area (Å²) in [5.41, 5.74) is 0.717. The Labute approximate surface area is 181 Å². The molecule has 8 heteroatoms. The summed E-state index contributed by atoms with van der Waals surface area (Å²) in [4.78, 5) is 4.73. The van der Waals surface area contributed by atoms with Gasteiger partial charge in [-0.3, -0.25) is 9.80 Å². The monoisotopic (exact) mass is 426 g/mol. The molecular weight excluding hydrogens is 399 g/mol. The zero-order valence-electron chi connectivity index (χ0n) is 17.8. The van der Waals surface area contributed by atoms with E-state index in [0.29, 0.717) is 24.0 Å². The highest BCUT2D eigenvalue weighted by Gasteiger charge is 2.25. The number of halogens is 1. The minimum atomic E-state index is -0.288. The third-order valence-corrected chi connectivity index (χ3v) is 5.58. The Bertz CT molecular complexity index is 954. The first kappa shape index (κ1) is 21.3. The van der Waals surface area contributed by atoms with Gasteiger partial charge in [0.2, 0.25) is 11.8 Å². The molecule has 1 saturated heterocycles. The van der Waals surface area contributed by atoms with Gasteiger partial charge in [-0.1, -0.05) is 0 Å². The number of piperazine rings is 1. The standard InChI is InChI=1S/C23H27FN4O3/c1-17(22-25-26-23(31-22)18-3-5-19(24)6-4-18)28-13-11-27(12-14-28)15-16-30-21-9-7-20(29-2)8-10-21/h3-10,17H,11-16H2,1-2H3/t17-/m0/s1. The van der Waals surface area contributed by atoms with Crippen LogP contribution in [0.4, 0.5) is 4.39 Å². The lowest BCUT2D eigenvalue weighted by atomic mass is 10.2. The average Bonchev–Trinajstić information content (AvgIpc) is 3.30. The SMILES string of the molecule is COc1ccc(OCCN2CCN([C@@H](C)c3nnc(-c4ccc(F)cc4)o3)CC2)cc1. The van der Waals surface area contributed by atoms with E-state index < -0.39 is 0 Å². The van der Waals surface area contributed by atoms with Crippen molar-refractivity contribution in [2.45, 2.75) is 13.0 Å². The first-order valence-corrected chi connectivity index (χ1v) is 10.4. The lowest BCUT2D eigenvalue weighted by Crippen LogP contribution is -2.48. The van der Waals surface area contributed by atoms with E-state index in [-0.39, 0.29) is 11.9 Å². The molecule has 7 nitrogen and oxygen atoms in total. The first-order valence-electron chi connectivity index (χ1n) is 10.4. The number of ether oxygens (including phenoxy) is 2. The molecule has 2 aromatic carbocycles. The van der Waals surface area contributed by atoms with Crippen molar-refractivity contribution in [1.82, 2.24) is 20.0 Å². The zero-order chi connectivity index (χ0) is 21.6. The third kappa shape index (κ3) is 5.39. The molecule has 0 saturated carbocycles. The van der Waals surface area contributed by atoms with E-state index in [9.17, 15) is 4.39 Å². The number of benzene rings is 2. The van der Waals surface area contributed by atoms with Crippen molar-refractivity contribution >= 4 is 0 Å². The fourth-order valence-corrected chi connectivity index (χ4v) is 3.61. The van der Waals surface area contributed by atoms with Gasteiger partial charge < -0.3 is 13.9 Å². The summed E-state index contributed by atoms with van der Waals surface area (Å²) in [5, 5.41) is 8.34. The fourth-order valence-electron chi connectivity index (χ4n) is 3.61. The van der Waals surface area contributed by atoms with Crippen molar-refractivity contribution in [3.05, 3.63) is 60.2 Å². The topological polar surface area (TPSA) is 63.9 Å². The van der Waals surface area contributed by atoms with Crippen LogP contribution in [0, 0.1) is 5.82 Å². The maximum Gasteiger partial charge on any atom is 0.247 e. The van der Waals surface area contributed by atoms with Crippen LogP contribution in [-0.4, -0.2) is 66.4 Å². The van der Waals surface area contributed by atoms with Crippen molar-refractivity contribution in [2.24, 2.45) is 0 Å². The number of methoxy groups -OCH3 is 1. The molecule has 0 amide bonds. The highest BCUT2D eigenvalue weighted by Crippen LogP contribution is 2.25. The van der Waals surface area contributed by atoms with E-state index >= 15 is 0 Å². The maximum atomic E-state index is 13.1. The molecule has 2 heterocycles. The van der Waals surface area contributed by atoms with Gasteiger partial charge in [0.15, 0.2) is 0 Å². The molecule has 1 aliphatic heterocycles. The predicted molar refractivity (Wildman–Crippen MR) is 115 cm³/mol. The quantitative estimate of drug-likeness (QED) is 0.545. The molecule has 31 heavy (non-hydrogen) atoms. The van der Waals surface area contributed by atoms with Crippen molar-refractivity contribution in [3.63, 3.8) is 0 Å². The van der Waals surface area contributed by atoms with Crippen molar-refractivity contribution in [1.29, 1.82) is 0 Å². The molecule has 1 aliphatic rings. The van der Waals surface area contributed by atoms with E-state index in [1.807, 2.05) is 24.3 Å². The molecule has 0 unspecified atom stereocenters. The van der Waals surface area contributed by atoms with Crippen LogP contribution in [0.3, 0.4) is 0 Å². The van der Waals surface area contributed by atoms with E-state index in [1.54, 1.807) is 19.2 Å². The summed E-state index contributed by atoms with van der Waals surface area (Å²) >= 11 is 0. The largest absolute Gasteiger partial charge is 0.497 e. The van der Waals surface area contributed by atoms with Crippen LogP contribution in [0.2, 0.25) is 0 Å². The van der Waals surface area contributed by atoms with Gasteiger partial charge in [0.25, 0.3) is 0 Å². The Morgan fingerprint density at radius 1 is 0.968 bits per heavy atom. The normalized spacial score (nSPS) is 16.2.